The van der Waals surface area contributed by atoms with E-state index in [1.54, 1.807) is 12.4 Å². The van der Waals surface area contributed by atoms with E-state index in [0.717, 1.165) is 36.6 Å². The number of carbonyl (C=O) groups excluding carboxylic acids is 1. The average Bonchev–Trinajstić information content (AvgIpc) is 3.21. The number of aliphatic hydroxyl groups excluding tert-OH is 1. The Bertz CT molecular complexity index is 942. The van der Waals surface area contributed by atoms with Crippen LogP contribution in [0.15, 0.2) is 61.1 Å². The molecule has 4 rings (SSSR count). The first-order chi connectivity index (χ1) is 14.3. The molecule has 150 valence electrons. The molecule has 3 heterocycles. The topological polar surface area (TPSA) is 83.3 Å². The van der Waals surface area contributed by atoms with E-state index in [-0.39, 0.29) is 18.6 Å². The molecule has 1 unspecified atom stereocenters. The Morgan fingerprint density at radius 3 is 2.79 bits per heavy atom. The Balaban J connectivity index is 1.57. The van der Waals surface area contributed by atoms with E-state index in [4.69, 9.17) is 4.98 Å². The molecule has 2 aromatic heterocycles. The number of amides is 1. The van der Waals surface area contributed by atoms with Crippen LogP contribution in [0, 0.1) is 0 Å². The third-order valence-corrected chi connectivity index (χ3v) is 5.17. The van der Waals surface area contributed by atoms with E-state index in [2.05, 4.69) is 31.9 Å². The molecule has 2 N–H and O–H groups in total. The van der Waals surface area contributed by atoms with Gasteiger partial charge in [0.15, 0.2) is 0 Å². The van der Waals surface area contributed by atoms with Crippen molar-refractivity contribution in [3.63, 3.8) is 0 Å². The zero-order chi connectivity index (χ0) is 20.1. The fourth-order valence-electron chi connectivity index (χ4n) is 3.75. The van der Waals surface area contributed by atoms with Gasteiger partial charge in [0.2, 0.25) is 0 Å². The van der Waals surface area contributed by atoms with Crippen molar-refractivity contribution in [3.8, 4) is 0 Å². The van der Waals surface area contributed by atoms with Gasteiger partial charge in [0.05, 0.1) is 6.04 Å². The maximum Gasteiger partial charge on any atom is 0.271 e. The molecular weight excluding hydrogens is 366 g/mol. The maximum absolute atomic E-state index is 12.7. The highest BCUT2D eigenvalue weighted by molar-refractivity contribution is 5.92. The van der Waals surface area contributed by atoms with E-state index in [1.165, 1.54) is 0 Å². The molecule has 0 spiro atoms. The van der Waals surface area contributed by atoms with Crippen LogP contribution in [-0.4, -0.2) is 50.1 Å². The van der Waals surface area contributed by atoms with Crippen molar-refractivity contribution >= 4 is 5.91 Å². The van der Waals surface area contributed by atoms with Gasteiger partial charge < -0.3 is 15.0 Å². The number of pyridine rings is 1. The van der Waals surface area contributed by atoms with E-state index in [9.17, 15) is 9.90 Å². The summed E-state index contributed by atoms with van der Waals surface area (Å²) in [6.45, 7) is 2.98. The molecule has 1 aromatic carbocycles. The number of hydrogen-bond acceptors (Lipinski definition) is 5. The summed E-state index contributed by atoms with van der Waals surface area (Å²) in [5, 5.41) is 12.2. The standard InChI is InChI=1S/C22H25N5O2/c28-13-5-10-26-11-12-27-16-19(22(29)24-15-17-6-4-9-23-14-17)25-21(27)20(26)18-7-2-1-3-8-18/h1-4,6-9,14,16,20,28H,5,10-13,15H2,(H,24,29). The summed E-state index contributed by atoms with van der Waals surface area (Å²) in [5.41, 5.74) is 2.51. The van der Waals surface area contributed by atoms with Crippen LogP contribution in [0.1, 0.15) is 39.9 Å². The van der Waals surface area contributed by atoms with Crippen molar-refractivity contribution in [2.24, 2.45) is 0 Å². The molecule has 0 bridgehead atoms. The molecule has 1 aliphatic heterocycles. The lowest BCUT2D eigenvalue weighted by Gasteiger charge is -2.36. The number of nitrogens with zero attached hydrogens (tertiary/aromatic N) is 4. The number of benzene rings is 1. The first-order valence-electron chi connectivity index (χ1n) is 9.90. The van der Waals surface area contributed by atoms with E-state index in [1.807, 2.05) is 36.5 Å². The van der Waals surface area contributed by atoms with Crippen LogP contribution in [-0.2, 0) is 13.1 Å². The molecule has 1 aliphatic rings. The van der Waals surface area contributed by atoms with Crippen molar-refractivity contribution < 1.29 is 9.90 Å². The second-order valence-corrected chi connectivity index (χ2v) is 7.15. The van der Waals surface area contributed by atoms with Gasteiger partial charge in [-0.1, -0.05) is 36.4 Å². The molecule has 1 atom stereocenters. The summed E-state index contributed by atoms with van der Waals surface area (Å²) >= 11 is 0. The van der Waals surface area contributed by atoms with Crippen molar-refractivity contribution in [1.29, 1.82) is 0 Å². The van der Waals surface area contributed by atoms with Gasteiger partial charge in [-0.15, -0.1) is 0 Å². The minimum atomic E-state index is -0.190. The molecule has 3 aromatic rings. The molecule has 0 saturated heterocycles. The fourth-order valence-corrected chi connectivity index (χ4v) is 3.75. The summed E-state index contributed by atoms with van der Waals surface area (Å²) in [6.07, 6.45) is 6.00. The van der Waals surface area contributed by atoms with Gasteiger partial charge in [0.1, 0.15) is 11.5 Å². The van der Waals surface area contributed by atoms with Gasteiger partial charge in [-0.25, -0.2) is 4.98 Å². The van der Waals surface area contributed by atoms with Crippen LogP contribution in [0.4, 0.5) is 0 Å². The molecule has 29 heavy (non-hydrogen) atoms. The monoisotopic (exact) mass is 391 g/mol. The molecule has 0 fully saturated rings. The minimum absolute atomic E-state index is 0.0311. The van der Waals surface area contributed by atoms with E-state index < -0.39 is 0 Å². The highest BCUT2D eigenvalue weighted by Gasteiger charge is 2.31. The second-order valence-electron chi connectivity index (χ2n) is 7.15. The highest BCUT2D eigenvalue weighted by Crippen LogP contribution is 2.31. The number of nitrogens with one attached hydrogen (secondary N) is 1. The van der Waals surface area contributed by atoms with Crippen molar-refractivity contribution in [2.75, 3.05) is 19.7 Å². The number of aliphatic hydroxyl groups is 1. The summed E-state index contributed by atoms with van der Waals surface area (Å²) in [5.74, 6) is 0.677. The Hall–Kier alpha value is -3.03. The molecule has 1 amide bonds. The van der Waals surface area contributed by atoms with Gasteiger partial charge in [0, 0.05) is 51.4 Å². The largest absolute Gasteiger partial charge is 0.396 e. The lowest BCUT2D eigenvalue weighted by Crippen LogP contribution is -2.39. The van der Waals surface area contributed by atoms with Crippen molar-refractivity contribution in [3.05, 3.63) is 83.7 Å². The molecule has 0 radical (unpaired) electrons. The SMILES string of the molecule is O=C(NCc1cccnc1)c1cn2c(n1)C(c1ccccc1)N(CCCO)CC2. The lowest BCUT2D eigenvalue weighted by atomic mass is 10.0. The Morgan fingerprint density at radius 1 is 1.17 bits per heavy atom. The maximum atomic E-state index is 12.7. The predicted molar refractivity (Wildman–Crippen MR) is 109 cm³/mol. The fraction of sp³-hybridized carbons (Fsp3) is 0.318. The molecule has 0 aliphatic carbocycles. The lowest BCUT2D eigenvalue weighted by molar-refractivity contribution is 0.0946. The Labute approximate surface area is 170 Å². The zero-order valence-electron chi connectivity index (χ0n) is 16.2. The Kier molecular flexibility index (Phi) is 5.97. The number of rotatable bonds is 7. The number of aromatic nitrogens is 3. The van der Waals surface area contributed by atoms with Crippen LogP contribution in [0.3, 0.4) is 0 Å². The minimum Gasteiger partial charge on any atom is -0.396 e. The van der Waals surface area contributed by atoms with Crippen LogP contribution < -0.4 is 5.32 Å². The zero-order valence-corrected chi connectivity index (χ0v) is 16.2. The van der Waals surface area contributed by atoms with Gasteiger partial charge >= 0.3 is 0 Å². The van der Waals surface area contributed by atoms with Gasteiger partial charge in [-0.2, -0.15) is 0 Å². The summed E-state index contributed by atoms with van der Waals surface area (Å²) in [6, 6.07) is 13.9. The smallest absolute Gasteiger partial charge is 0.271 e. The molecular formula is C22H25N5O2. The predicted octanol–water partition coefficient (Wildman–Crippen LogP) is 2.00. The van der Waals surface area contributed by atoms with Crippen molar-refractivity contribution in [2.45, 2.75) is 25.6 Å². The number of imidazole rings is 1. The van der Waals surface area contributed by atoms with Crippen LogP contribution in [0.2, 0.25) is 0 Å². The van der Waals surface area contributed by atoms with Gasteiger partial charge in [-0.3, -0.25) is 14.7 Å². The quantitative estimate of drug-likeness (QED) is 0.644. The molecule has 7 heteroatoms. The van der Waals surface area contributed by atoms with Crippen molar-refractivity contribution in [1.82, 2.24) is 24.8 Å². The summed E-state index contributed by atoms with van der Waals surface area (Å²) < 4.78 is 2.08. The van der Waals surface area contributed by atoms with E-state index in [0.29, 0.717) is 18.7 Å². The number of carbonyl (C=O) groups is 1. The van der Waals surface area contributed by atoms with E-state index >= 15 is 0 Å². The van der Waals surface area contributed by atoms with Crippen LogP contribution >= 0.6 is 0 Å². The molecule has 0 saturated carbocycles. The van der Waals surface area contributed by atoms with Gasteiger partial charge in [0.25, 0.3) is 5.91 Å². The summed E-state index contributed by atoms with van der Waals surface area (Å²) in [4.78, 5) is 23.8. The average molecular weight is 391 g/mol. The summed E-state index contributed by atoms with van der Waals surface area (Å²) in [7, 11) is 0. The normalized spacial score (nSPS) is 16.4. The molecule has 7 nitrogen and oxygen atoms in total. The third kappa shape index (κ3) is 4.36. The Morgan fingerprint density at radius 2 is 2.03 bits per heavy atom. The first kappa shape index (κ1) is 19.3. The second kappa shape index (κ2) is 8.98. The van der Waals surface area contributed by atoms with Crippen LogP contribution in [0.5, 0.6) is 0 Å². The highest BCUT2D eigenvalue weighted by atomic mass is 16.3. The number of hydrogen-bond donors (Lipinski definition) is 2. The van der Waals surface area contributed by atoms with Crippen LogP contribution in [0.25, 0.3) is 0 Å². The first-order valence-corrected chi connectivity index (χ1v) is 9.90. The third-order valence-electron chi connectivity index (χ3n) is 5.17. The number of fused-ring (bicyclic) bond motifs is 1. The van der Waals surface area contributed by atoms with Gasteiger partial charge in [-0.05, 0) is 23.6 Å².